The second-order valence-electron chi connectivity index (χ2n) is 16.7. The average Bonchev–Trinajstić information content (AvgIpc) is 3.02. The van der Waals surface area contributed by atoms with Gasteiger partial charge in [-0.2, -0.15) is 12.6 Å². The van der Waals surface area contributed by atoms with Gasteiger partial charge in [-0.15, -0.1) is 0 Å². The molecule has 37 heavy (non-hydrogen) atoms. The van der Waals surface area contributed by atoms with Gasteiger partial charge in [-0.3, -0.25) is 0 Å². The topological polar surface area (TPSA) is 0 Å². The molecular weight excluding hydrogens is 464 g/mol. The van der Waals surface area contributed by atoms with E-state index >= 15 is 0 Å². The van der Waals surface area contributed by atoms with E-state index < -0.39 is 0 Å². The Morgan fingerprint density at radius 3 is 1.65 bits per heavy atom. The van der Waals surface area contributed by atoms with Crippen LogP contribution in [0.15, 0.2) is 0 Å². The summed E-state index contributed by atoms with van der Waals surface area (Å²) < 4.78 is 0. The molecule has 5 aliphatic rings. The maximum atomic E-state index is 5.30. The predicted molar refractivity (Wildman–Crippen MR) is 165 cm³/mol. The molecule has 214 valence electrons. The van der Waals surface area contributed by atoms with Crippen LogP contribution in [0.1, 0.15) is 108 Å². The van der Waals surface area contributed by atoms with Gasteiger partial charge in [0.2, 0.25) is 0 Å². The lowest BCUT2D eigenvalue weighted by atomic mass is 9.40. The first-order valence-electron chi connectivity index (χ1n) is 17.1. The van der Waals surface area contributed by atoms with E-state index in [0.717, 1.165) is 112 Å². The number of rotatable bonds is 4. The van der Waals surface area contributed by atoms with E-state index in [1.807, 2.05) is 0 Å². The van der Waals surface area contributed by atoms with Gasteiger partial charge < -0.3 is 0 Å². The molecule has 5 rings (SSSR count). The molecule has 5 fully saturated rings. The minimum atomic E-state index is 0.519. The summed E-state index contributed by atoms with van der Waals surface area (Å²) in [5, 5.41) is 0.519. The molecule has 0 nitrogen and oxygen atoms in total. The van der Waals surface area contributed by atoms with Crippen molar-refractivity contribution in [1.29, 1.82) is 0 Å². The summed E-state index contributed by atoms with van der Waals surface area (Å²) >= 11 is 5.30. The summed E-state index contributed by atoms with van der Waals surface area (Å²) in [7, 11) is 0. The Bertz CT molecular complexity index is 784. The monoisotopic (exact) mass is 528 g/mol. The molecule has 0 saturated heterocycles. The third-order valence-corrected chi connectivity index (χ3v) is 15.2. The lowest BCUT2D eigenvalue weighted by Crippen LogP contribution is -2.59. The van der Waals surface area contributed by atoms with E-state index in [1.54, 1.807) is 6.42 Å². The van der Waals surface area contributed by atoms with E-state index in [4.69, 9.17) is 12.6 Å². The standard InChI is InChI=1S/C36H64S/c1-17(2)21(7)32-23(9)22(8)28-16-29-34-26(14-13-20(6)31(34)24(10)33(28)25(11)37)27-15-12-19(5)30(18(3)4)35(27)36(29)32/h17-37H,12-16H2,1-11H3/t19?,20-,21?,22-,23+,24-,25+,26+,27-,28+,29+,30?,31?,32?,33?,34?,35?,36?/m0/s1. The fourth-order valence-electron chi connectivity index (χ4n) is 13.4. The van der Waals surface area contributed by atoms with Crippen LogP contribution in [-0.2, 0) is 0 Å². The summed E-state index contributed by atoms with van der Waals surface area (Å²) in [6.45, 7) is 28.9. The van der Waals surface area contributed by atoms with Crippen LogP contribution in [0.2, 0.25) is 0 Å². The fraction of sp³-hybridized carbons (Fsp3) is 1.00. The first-order valence-corrected chi connectivity index (χ1v) is 17.6. The Kier molecular flexibility index (Phi) is 8.30. The van der Waals surface area contributed by atoms with Crippen molar-refractivity contribution in [1.82, 2.24) is 0 Å². The number of thiol groups is 1. The van der Waals surface area contributed by atoms with E-state index in [9.17, 15) is 0 Å². The molecule has 0 aromatic rings. The Morgan fingerprint density at radius 1 is 0.514 bits per heavy atom. The van der Waals surface area contributed by atoms with Gasteiger partial charge in [0.05, 0.1) is 0 Å². The van der Waals surface area contributed by atoms with Crippen molar-refractivity contribution in [3.63, 3.8) is 0 Å². The van der Waals surface area contributed by atoms with Crippen LogP contribution < -0.4 is 0 Å². The summed E-state index contributed by atoms with van der Waals surface area (Å²) in [4.78, 5) is 0. The van der Waals surface area contributed by atoms with E-state index in [2.05, 4.69) is 76.2 Å². The van der Waals surface area contributed by atoms with Gasteiger partial charge in [-0.25, -0.2) is 0 Å². The molecule has 0 aliphatic heterocycles. The molecule has 0 N–H and O–H groups in total. The second-order valence-corrected chi connectivity index (χ2v) is 17.5. The lowest BCUT2D eigenvalue weighted by molar-refractivity contribution is -0.166. The van der Waals surface area contributed by atoms with Crippen LogP contribution >= 0.6 is 12.6 Å². The third kappa shape index (κ3) is 4.43. The Balaban J connectivity index is 1.75. The van der Waals surface area contributed by atoms with Crippen LogP contribution in [0, 0.1) is 112 Å². The molecule has 0 amide bonds. The molecule has 2 bridgehead atoms. The minimum absolute atomic E-state index is 0.519. The van der Waals surface area contributed by atoms with Crippen LogP contribution in [0.5, 0.6) is 0 Å². The van der Waals surface area contributed by atoms with Crippen molar-refractivity contribution in [2.24, 2.45) is 112 Å². The van der Waals surface area contributed by atoms with E-state index in [-0.39, 0.29) is 0 Å². The SMILES string of the molecule is CC(C)C(C)C1C2C3C(C(C)C)C(C)CC[C@H]3[C@H]3CC[C@H](C)C4C3[C@H]2C[C@@H](C([C@@H](C)S)[C@H]4C)[C@@H](C)[C@H]1C. The molecule has 1 heteroatoms. The lowest BCUT2D eigenvalue weighted by Gasteiger charge is -2.64. The first-order chi connectivity index (χ1) is 17.4. The molecule has 0 spiro atoms. The number of hydrogen-bond acceptors (Lipinski definition) is 1. The summed E-state index contributed by atoms with van der Waals surface area (Å²) in [6, 6.07) is 0. The van der Waals surface area contributed by atoms with Gasteiger partial charge in [0.25, 0.3) is 0 Å². The van der Waals surface area contributed by atoms with Gasteiger partial charge in [0, 0.05) is 5.25 Å². The van der Waals surface area contributed by atoms with Gasteiger partial charge >= 0.3 is 0 Å². The smallest absolute Gasteiger partial charge is 0.00221 e. The van der Waals surface area contributed by atoms with E-state index in [1.165, 1.54) is 25.7 Å². The van der Waals surface area contributed by atoms with Crippen LogP contribution in [-0.4, -0.2) is 5.25 Å². The average molecular weight is 529 g/mol. The zero-order valence-electron chi connectivity index (χ0n) is 26.5. The number of fused-ring (bicyclic) bond motifs is 4. The summed E-state index contributed by atoms with van der Waals surface area (Å²) in [5.41, 5.74) is 0. The highest BCUT2D eigenvalue weighted by Crippen LogP contribution is 2.70. The molecular formula is C36H64S. The largest absolute Gasteiger partial charge is 0.176 e. The van der Waals surface area contributed by atoms with Crippen LogP contribution in [0.25, 0.3) is 0 Å². The Labute approximate surface area is 238 Å². The van der Waals surface area contributed by atoms with Gasteiger partial charge in [-0.05, 0) is 132 Å². The second kappa shape index (κ2) is 10.6. The molecule has 5 saturated carbocycles. The quantitative estimate of drug-likeness (QED) is 0.345. The van der Waals surface area contributed by atoms with Crippen molar-refractivity contribution in [3.8, 4) is 0 Å². The highest BCUT2D eigenvalue weighted by Gasteiger charge is 2.65. The van der Waals surface area contributed by atoms with Crippen molar-refractivity contribution < 1.29 is 0 Å². The molecule has 0 aromatic heterocycles. The maximum Gasteiger partial charge on any atom is 0.00221 e. The fourth-order valence-corrected chi connectivity index (χ4v) is 13.9. The maximum absolute atomic E-state index is 5.30. The molecule has 0 aromatic carbocycles. The third-order valence-electron chi connectivity index (χ3n) is 14.9. The van der Waals surface area contributed by atoms with Gasteiger partial charge in [0.15, 0.2) is 0 Å². The van der Waals surface area contributed by atoms with Crippen molar-refractivity contribution in [2.75, 3.05) is 0 Å². The summed E-state index contributed by atoms with van der Waals surface area (Å²) in [5.74, 6) is 17.1. The Hall–Kier alpha value is 0.350. The predicted octanol–water partition coefficient (Wildman–Crippen LogP) is 10.2. The van der Waals surface area contributed by atoms with Gasteiger partial charge in [-0.1, -0.05) is 89.0 Å². The van der Waals surface area contributed by atoms with Crippen LogP contribution in [0.3, 0.4) is 0 Å². The minimum Gasteiger partial charge on any atom is -0.176 e. The van der Waals surface area contributed by atoms with E-state index in [0.29, 0.717) is 5.25 Å². The normalized spacial score (nSPS) is 55.3. The molecule has 0 heterocycles. The molecule has 18 atom stereocenters. The zero-order valence-corrected chi connectivity index (χ0v) is 27.4. The van der Waals surface area contributed by atoms with Crippen molar-refractivity contribution >= 4 is 12.6 Å². The molecule has 0 radical (unpaired) electrons. The summed E-state index contributed by atoms with van der Waals surface area (Å²) in [6.07, 6.45) is 7.60. The zero-order chi connectivity index (χ0) is 27.1. The number of hydrogen-bond donors (Lipinski definition) is 1. The van der Waals surface area contributed by atoms with Gasteiger partial charge in [0.1, 0.15) is 0 Å². The van der Waals surface area contributed by atoms with Crippen molar-refractivity contribution in [2.45, 2.75) is 114 Å². The first kappa shape index (κ1) is 28.9. The highest BCUT2D eigenvalue weighted by molar-refractivity contribution is 7.80. The van der Waals surface area contributed by atoms with Crippen molar-refractivity contribution in [3.05, 3.63) is 0 Å². The molecule has 5 aliphatic carbocycles. The Morgan fingerprint density at radius 2 is 1.08 bits per heavy atom. The highest BCUT2D eigenvalue weighted by atomic mass is 32.1. The molecule has 9 unspecified atom stereocenters. The van der Waals surface area contributed by atoms with Crippen LogP contribution in [0.4, 0.5) is 0 Å².